The van der Waals surface area contributed by atoms with Crippen molar-refractivity contribution in [3.63, 3.8) is 0 Å². The van der Waals surface area contributed by atoms with Gasteiger partial charge in [-0.05, 0) is 47.7 Å². The fraction of sp³-hybridized carbons (Fsp3) is 0.105. The number of ether oxygens (including phenoxy) is 1. The first-order valence-electron chi connectivity index (χ1n) is 7.92. The van der Waals surface area contributed by atoms with E-state index in [0.29, 0.717) is 27.1 Å². The highest BCUT2D eigenvalue weighted by molar-refractivity contribution is 8.18. The van der Waals surface area contributed by atoms with E-state index in [4.69, 9.17) is 9.84 Å². The van der Waals surface area contributed by atoms with Gasteiger partial charge in [-0.15, -0.1) is 0 Å². The highest BCUT2D eigenvalue weighted by atomic mass is 32.2. The SMILES string of the molecule is CN1C(=O)/C(=C/c2cccc(OCC(=O)O)c2)SC1=Nc1cccc(O)c1. The van der Waals surface area contributed by atoms with Crippen LogP contribution in [-0.2, 0) is 9.59 Å². The number of aliphatic carboxylic acids is 1. The number of aliphatic imine (C=N–C) groups is 1. The smallest absolute Gasteiger partial charge is 0.341 e. The predicted octanol–water partition coefficient (Wildman–Crippen LogP) is 3.09. The van der Waals surface area contributed by atoms with Gasteiger partial charge < -0.3 is 14.9 Å². The van der Waals surface area contributed by atoms with E-state index in [0.717, 1.165) is 0 Å². The number of amidine groups is 1. The molecule has 7 nitrogen and oxygen atoms in total. The molecule has 0 aliphatic carbocycles. The molecule has 2 aromatic carbocycles. The Morgan fingerprint density at radius 2 is 2.04 bits per heavy atom. The van der Waals surface area contributed by atoms with Crippen LogP contribution in [-0.4, -0.2) is 45.8 Å². The Balaban J connectivity index is 1.82. The largest absolute Gasteiger partial charge is 0.508 e. The van der Waals surface area contributed by atoms with Crippen molar-refractivity contribution in [3.05, 3.63) is 59.0 Å². The molecule has 1 aliphatic rings. The Bertz CT molecular complexity index is 955. The number of carboxylic acid groups (broad SMARTS) is 1. The molecule has 3 rings (SSSR count). The number of phenolic OH excluding ortho intramolecular Hbond substituents is 1. The number of hydrogen-bond donors (Lipinski definition) is 2. The van der Waals surface area contributed by atoms with E-state index in [9.17, 15) is 14.7 Å². The number of benzene rings is 2. The Labute approximate surface area is 159 Å². The molecular formula is C19H16N2O5S. The van der Waals surface area contributed by atoms with Gasteiger partial charge in [0, 0.05) is 13.1 Å². The molecule has 0 aromatic heterocycles. The molecule has 1 fully saturated rings. The van der Waals surface area contributed by atoms with E-state index in [1.807, 2.05) is 0 Å². The zero-order chi connectivity index (χ0) is 19.4. The van der Waals surface area contributed by atoms with Crippen LogP contribution >= 0.6 is 11.8 Å². The maximum absolute atomic E-state index is 12.5. The minimum absolute atomic E-state index is 0.0998. The highest BCUT2D eigenvalue weighted by Gasteiger charge is 2.30. The van der Waals surface area contributed by atoms with Gasteiger partial charge in [-0.2, -0.15) is 0 Å². The summed E-state index contributed by atoms with van der Waals surface area (Å²) < 4.78 is 5.15. The van der Waals surface area contributed by atoms with Crippen molar-refractivity contribution in [3.8, 4) is 11.5 Å². The third-order valence-corrected chi connectivity index (χ3v) is 4.64. The van der Waals surface area contributed by atoms with Gasteiger partial charge in [0.1, 0.15) is 11.5 Å². The number of thioether (sulfide) groups is 1. The molecule has 1 amide bonds. The van der Waals surface area contributed by atoms with Crippen LogP contribution in [0.25, 0.3) is 6.08 Å². The van der Waals surface area contributed by atoms with Crippen LogP contribution in [0.2, 0.25) is 0 Å². The van der Waals surface area contributed by atoms with Crippen LogP contribution in [0, 0.1) is 0 Å². The zero-order valence-electron chi connectivity index (χ0n) is 14.3. The second kappa shape index (κ2) is 7.96. The summed E-state index contributed by atoms with van der Waals surface area (Å²) >= 11 is 1.22. The van der Waals surface area contributed by atoms with Gasteiger partial charge >= 0.3 is 5.97 Å². The van der Waals surface area contributed by atoms with Crippen molar-refractivity contribution < 1.29 is 24.5 Å². The van der Waals surface area contributed by atoms with Crippen molar-refractivity contribution in [2.45, 2.75) is 0 Å². The van der Waals surface area contributed by atoms with Crippen LogP contribution < -0.4 is 4.74 Å². The lowest BCUT2D eigenvalue weighted by Crippen LogP contribution is -2.23. The van der Waals surface area contributed by atoms with E-state index < -0.39 is 12.6 Å². The number of amides is 1. The number of phenols is 1. The lowest BCUT2D eigenvalue weighted by Gasteiger charge is -2.07. The Morgan fingerprint density at radius 1 is 1.26 bits per heavy atom. The van der Waals surface area contributed by atoms with E-state index in [2.05, 4.69) is 4.99 Å². The molecule has 0 atom stereocenters. The monoisotopic (exact) mass is 384 g/mol. The summed E-state index contributed by atoms with van der Waals surface area (Å²) in [5, 5.41) is 18.7. The quantitative estimate of drug-likeness (QED) is 0.769. The van der Waals surface area contributed by atoms with E-state index in [1.54, 1.807) is 55.6 Å². The van der Waals surface area contributed by atoms with Gasteiger partial charge in [-0.1, -0.05) is 18.2 Å². The molecule has 8 heteroatoms. The molecule has 2 aromatic rings. The molecule has 0 saturated carbocycles. The summed E-state index contributed by atoms with van der Waals surface area (Å²) in [4.78, 5) is 29.4. The molecule has 2 N–H and O–H groups in total. The first kappa shape index (κ1) is 18.5. The molecule has 0 spiro atoms. The van der Waals surface area contributed by atoms with Crippen LogP contribution in [0.4, 0.5) is 5.69 Å². The average molecular weight is 384 g/mol. The zero-order valence-corrected chi connectivity index (χ0v) is 15.1. The summed E-state index contributed by atoms with van der Waals surface area (Å²) in [5.41, 5.74) is 1.25. The Morgan fingerprint density at radius 3 is 2.78 bits per heavy atom. The van der Waals surface area contributed by atoms with Crippen molar-refractivity contribution >= 4 is 40.6 Å². The molecule has 27 heavy (non-hydrogen) atoms. The third kappa shape index (κ3) is 4.68. The molecule has 0 bridgehead atoms. The van der Waals surface area contributed by atoms with Gasteiger partial charge in [-0.3, -0.25) is 9.69 Å². The first-order valence-corrected chi connectivity index (χ1v) is 8.74. The standard InChI is InChI=1S/C19H16N2O5S/c1-21-18(25)16(27-19(21)20-13-5-3-6-14(22)10-13)9-12-4-2-7-15(8-12)26-11-17(23)24/h2-10,22H,11H2,1H3,(H,23,24)/b16-9-,20-19?. The fourth-order valence-electron chi connectivity index (χ4n) is 2.32. The summed E-state index contributed by atoms with van der Waals surface area (Å²) in [5.74, 6) is -0.752. The lowest BCUT2D eigenvalue weighted by atomic mass is 10.2. The number of nitrogens with zero attached hydrogens (tertiary/aromatic N) is 2. The topological polar surface area (TPSA) is 99.4 Å². The van der Waals surface area contributed by atoms with Gasteiger partial charge in [0.05, 0.1) is 10.6 Å². The minimum atomic E-state index is -1.06. The number of carbonyl (C=O) groups is 2. The van der Waals surface area contributed by atoms with Crippen molar-refractivity contribution in [1.82, 2.24) is 4.90 Å². The predicted molar refractivity (Wildman–Crippen MR) is 103 cm³/mol. The summed E-state index contributed by atoms with van der Waals surface area (Å²) in [7, 11) is 1.63. The second-order valence-electron chi connectivity index (χ2n) is 5.64. The third-order valence-electron chi connectivity index (χ3n) is 3.58. The van der Waals surface area contributed by atoms with Crippen LogP contribution in [0.3, 0.4) is 0 Å². The Kier molecular flexibility index (Phi) is 5.46. The number of likely N-dealkylation sites (N-methyl/N-ethyl adjacent to an activating group) is 1. The van der Waals surface area contributed by atoms with Crippen molar-refractivity contribution in [2.75, 3.05) is 13.7 Å². The van der Waals surface area contributed by atoms with Gasteiger partial charge in [0.25, 0.3) is 5.91 Å². The van der Waals surface area contributed by atoms with Crippen LogP contribution in [0.1, 0.15) is 5.56 Å². The average Bonchev–Trinajstić information content (AvgIpc) is 2.88. The minimum Gasteiger partial charge on any atom is -0.508 e. The number of carbonyl (C=O) groups excluding carboxylic acids is 1. The number of carboxylic acids is 1. The second-order valence-corrected chi connectivity index (χ2v) is 6.65. The summed E-state index contributed by atoms with van der Waals surface area (Å²) in [6, 6.07) is 13.3. The van der Waals surface area contributed by atoms with Crippen molar-refractivity contribution in [2.24, 2.45) is 4.99 Å². The molecule has 0 unspecified atom stereocenters. The van der Waals surface area contributed by atoms with E-state index in [-0.39, 0.29) is 11.7 Å². The Hall–Kier alpha value is -3.26. The molecule has 0 radical (unpaired) electrons. The molecule has 1 saturated heterocycles. The number of aromatic hydroxyl groups is 1. The van der Waals surface area contributed by atoms with Gasteiger partial charge in [-0.25, -0.2) is 9.79 Å². The van der Waals surface area contributed by atoms with Gasteiger partial charge in [0.2, 0.25) is 0 Å². The fourth-order valence-corrected chi connectivity index (χ4v) is 3.30. The number of hydrogen-bond acceptors (Lipinski definition) is 6. The lowest BCUT2D eigenvalue weighted by molar-refractivity contribution is -0.139. The summed E-state index contributed by atoms with van der Waals surface area (Å²) in [6.07, 6.45) is 1.70. The normalized spacial score (nSPS) is 16.9. The number of rotatable bonds is 5. The summed E-state index contributed by atoms with van der Waals surface area (Å²) in [6.45, 7) is -0.433. The highest BCUT2D eigenvalue weighted by Crippen LogP contribution is 2.34. The van der Waals surface area contributed by atoms with Crippen LogP contribution in [0.5, 0.6) is 11.5 Å². The maximum atomic E-state index is 12.5. The molecule has 1 aliphatic heterocycles. The van der Waals surface area contributed by atoms with E-state index >= 15 is 0 Å². The molecule has 1 heterocycles. The van der Waals surface area contributed by atoms with Crippen molar-refractivity contribution in [1.29, 1.82) is 0 Å². The first-order chi connectivity index (χ1) is 12.9. The maximum Gasteiger partial charge on any atom is 0.341 e. The molecular weight excluding hydrogens is 368 g/mol. The molecule has 138 valence electrons. The van der Waals surface area contributed by atoms with Gasteiger partial charge in [0.15, 0.2) is 11.8 Å². The van der Waals surface area contributed by atoms with Crippen LogP contribution in [0.15, 0.2) is 58.4 Å². The van der Waals surface area contributed by atoms with E-state index in [1.165, 1.54) is 22.7 Å².